The summed E-state index contributed by atoms with van der Waals surface area (Å²) in [6.07, 6.45) is 5.15. The molecule has 0 fully saturated rings. The van der Waals surface area contributed by atoms with E-state index in [2.05, 4.69) is 25.4 Å². The van der Waals surface area contributed by atoms with Crippen LogP contribution in [0.4, 0.5) is 0 Å². The van der Waals surface area contributed by atoms with Crippen LogP contribution in [0.3, 0.4) is 0 Å². The van der Waals surface area contributed by atoms with Gasteiger partial charge in [0.05, 0.1) is 28.3 Å². The highest BCUT2D eigenvalue weighted by molar-refractivity contribution is 6.00. The van der Waals surface area contributed by atoms with Crippen molar-refractivity contribution in [3.05, 3.63) is 96.7 Å². The van der Waals surface area contributed by atoms with Crippen molar-refractivity contribution in [3.8, 4) is 16.9 Å². The minimum absolute atomic E-state index is 0.228. The molecule has 2 aromatic carbocycles. The van der Waals surface area contributed by atoms with Crippen LogP contribution < -0.4 is 5.32 Å². The molecule has 1 unspecified atom stereocenters. The summed E-state index contributed by atoms with van der Waals surface area (Å²) in [5, 5.41) is 7.72. The van der Waals surface area contributed by atoms with Crippen molar-refractivity contribution >= 4 is 16.9 Å². The van der Waals surface area contributed by atoms with Gasteiger partial charge in [0.15, 0.2) is 0 Å². The molecule has 3 heterocycles. The highest BCUT2D eigenvalue weighted by Crippen LogP contribution is 2.24. The number of aromatic amines is 1. The second kappa shape index (κ2) is 7.87. The van der Waals surface area contributed by atoms with Crippen molar-refractivity contribution in [2.45, 2.75) is 13.0 Å². The Morgan fingerprint density at radius 3 is 2.61 bits per heavy atom. The van der Waals surface area contributed by atoms with E-state index in [1.807, 2.05) is 73.7 Å². The van der Waals surface area contributed by atoms with Crippen LogP contribution in [0.1, 0.15) is 29.1 Å². The summed E-state index contributed by atoms with van der Waals surface area (Å²) < 4.78 is 1.71. The van der Waals surface area contributed by atoms with Crippen LogP contribution in [0, 0.1) is 0 Å². The number of carbonyl (C=O) groups excluding carboxylic acids is 1. The molecule has 2 N–H and O–H groups in total. The van der Waals surface area contributed by atoms with E-state index in [9.17, 15) is 4.79 Å². The van der Waals surface area contributed by atoms with Gasteiger partial charge >= 0.3 is 0 Å². The standard InChI is InChI=1S/C24H20N6O/c1-16(23-27-20-11-5-6-12-21(20)28-23)26-24(31)19-15-30(18-9-3-2-4-10-18)29-22(19)17-8-7-13-25-14-17/h2-16H,1H3,(H,26,31)(H,27,28). The molecule has 0 radical (unpaired) electrons. The molecule has 0 aliphatic carbocycles. The molecule has 0 bridgehead atoms. The molecule has 0 spiro atoms. The lowest BCUT2D eigenvalue weighted by Crippen LogP contribution is -2.27. The largest absolute Gasteiger partial charge is 0.342 e. The zero-order chi connectivity index (χ0) is 21.2. The minimum Gasteiger partial charge on any atom is -0.342 e. The van der Waals surface area contributed by atoms with E-state index >= 15 is 0 Å². The minimum atomic E-state index is -0.304. The van der Waals surface area contributed by atoms with Gasteiger partial charge in [-0.05, 0) is 43.3 Å². The lowest BCUT2D eigenvalue weighted by molar-refractivity contribution is 0.0939. The molecule has 0 saturated heterocycles. The number of aromatic nitrogens is 5. The van der Waals surface area contributed by atoms with Crippen LogP contribution in [-0.4, -0.2) is 30.6 Å². The number of amides is 1. The van der Waals surface area contributed by atoms with Crippen LogP contribution in [0.25, 0.3) is 28.0 Å². The van der Waals surface area contributed by atoms with Gasteiger partial charge < -0.3 is 10.3 Å². The fraction of sp³-hybridized carbons (Fsp3) is 0.0833. The Balaban J connectivity index is 1.49. The van der Waals surface area contributed by atoms with E-state index in [1.54, 1.807) is 23.3 Å². The number of hydrogen-bond donors (Lipinski definition) is 2. The third kappa shape index (κ3) is 3.69. The lowest BCUT2D eigenvalue weighted by atomic mass is 10.1. The Morgan fingerprint density at radius 2 is 1.84 bits per heavy atom. The predicted molar refractivity (Wildman–Crippen MR) is 119 cm³/mol. The molecule has 31 heavy (non-hydrogen) atoms. The van der Waals surface area contributed by atoms with Gasteiger partial charge in [-0.2, -0.15) is 5.10 Å². The summed E-state index contributed by atoms with van der Waals surface area (Å²) in [6.45, 7) is 1.90. The van der Waals surface area contributed by atoms with Crippen molar-refractivity contribution in [2.75, 3.05) is 0 Å². The number of benzene rings is 2. The average molecular weight is 408 g/mol. The van der Waals surface area contributed by atoms with E-state index in [0.717, 1.165) is 22.3 Å². The second-order valence-electron chi connectivity index (χ2n) is 7.25. The molecule has 152 valence electrons. The van der Waals surface area contributed by atoms with Crippen molar-refractivity contribution in [1.29, 1.82) is 0 Å². The second-order valence-corrected chi connectivity index (χ2v) is 7.25. The third-order valence-electron chi connectivity index (χ3n) is 5.08. The predicted octanol–water partition coefficient (Wildman–Crippen LogP) is 4.30. The number of carbonyl (C=O) groups is 1. The van der Waals surface area contributed by atoms with Crippen molar-refractivity contribution in [1.82, 2.24) is 30.0 Å². The molecule has 1 atom stereocenters. The molecule has 5 rings (SSSR count). The molecule has 5 aromatic rings. The van der Waals surface area contributed by atoms with E-state index < -0.39 is 0 Å². The maximum Gasteiger partial charge on any atom is 0.255 e. The molecular formula is C24H20N6O. The molecular weight excluding hydrogens is 388 g/mol. The number of fused-ring (bicyclic) bond motifs is 1. The molecule has 3 aromatic heterocycles. The third-order valence-corrected chi connectivity index (χ3v) is 5.08. The summed E-state index contributed by atoms with van der Waals surface area (Å²) in [5.41, 5.74) is 4.50. The van der Waals surface area contributed by atoms with Gasteiger partial charge in [-0.15, -0.1) is 0 Å². The average Bonchev–Trinajstić information content (AvgIpc) is 3.45. The summed E-state index contributed by atoms with van der Waals surface area (Å²) in [5.74, 6) is 0.474. The molecule has 7 heteroatoms. The van der Waals surface area contributed by atoms with Gasteiger partial charge in [-0.1, -0.05) is 30.3 Å². The van der Waals surface area contributed by atoms with Crippen LogP contribution in [0.15, 0.2) is 85.3 Å². The quantitative estimate of drug-likeness (QED) is 0.454. The number of pyridine rings is 1. The van der Waals surface area contributed by atoms with Crippen molar-refractivity contribution in [3.63, 3.8) is 0 Å². The van der Waals surface area contributed by atoms with Crippen LogP contribution in [0.2, 0.25) is 0 Å². The van der Waals surface area contributed by atoms with Crippen LogP contribution >= 0.6 is 0 Å². The van der Waals surface area contributed by atoms with Gasteiger partial charge in [0, 0.05) is 24.2 Å². The first-order chi connectivity index (χ1) is 15.2. The van der Waals surface area contributed by atoms with Gasteiger partial charge in [0.25, 0.3) is 5.91 Å². The van der Waals surface area contributed by atoms with Crippen LogP contribution in [0.5, 0.6) is 0 Å². The number of hydrogen-bond acceptors (Lipinski definition) is 4. The van der Waals surface area contributed by atoms with Crippen molar-refractivity contribution in [2.24, 2.45) is 0 Å². The van der Waals surface area contributed by atoms with Crippen LogP contribution in [-0.2, 0) is 0 Å². The summed E-state index contributed by atoms with van der Waals surface area (Å²) in [6, 6.07) is 20.9. The summed E-state index contributed by atoms with van der Waals surface area (Å²) in [7, 11) is 0. The normalized spacial score (nSPS) is 12.0. The van der Waals surface area contributed by atoms with Gasteiger partial charge in [-0.25, -0.2) is 9.67 Å². The van der Waals surface area contributed by atoms with E-state index in [4.69, 9.17) is 0 Å². The first-order valence-corrected chi connectivity index (χ1v) is 10.00. The summed E-state index contributed by atoms with van der Waals surface area (Å²) >= 11 is 0. The highest BCUT2D eigenvalue weighted by Gasteiger charge is 2.21. The maximum absolute atomic E-state index is 13.3. The summed E-state index contributed by atoms with van der Waals surface area (Å²) in [4.78, 5) is 25.3. The Kier molecular flexibility index (Phi) is 4.76. The maximum atomic E-state index is 13.3. The molecule has 1 amide bonds. The first kappa shape index (κ1) is 18.7. The number of H-pyrrole nitrogens is 1. The van der Waals surface area contributed by atoms with E-state index in [0.29, 0.717) is 17.1 Å². The topological polar surface area (TPSA) is 88.5 Å². The van der Waals surface area contributed by atoms with Crippen molar-refractivity contribution < 1.29 is 4.79 Å². The Morgan fingerprint density at radius 1 is 1.03 bits per heavy atom. The van der Waals surface area contributed by atoms with Gasteiger partial charge in [-0.3, -0.25) is 9.78 Å². The molecule has 0 aliphatic heterocycles. The zero-order valence-corrected chi connectivity index (χ0v) is 16.9. The van der Waals surface area contributed by atoms with Gasteiger partial charge in [0.1, 0.15) is 11.5 Å². The number of rotatable bonds is 5. The number of nitrogens with zero attached hydrogens (tertiary/aromatic N) is 4. The fourth-order valence-corrected chi connectivity index (χ4v) is 3.49. The number of nitrogens with one attached hydrogen (secondary N) is 2. The Bertz CT molecular complexity index is 1310. The zero-order valence-electron chi connectivity index (χ0n) is 16.9. The van der Waals surface area contributed by atoms with Gasteiger partial charge in [0.2, 0.25) is 0 Å². The highest BCUT2D eigenvalue weighted by atomic mass is 16.1. The van der Waals surface area contributed by atoms with E-state index in [-0.39, 0.29) is 11.9 Å². The van der Waals surface area contributed by atoms with E-state index in [1.165, 1.54) is 0 Å². The monoisotopic (exact) mass is 408 g/mol. The smallest absolute Gasteiger partial charge is 0.255 e. The fourth-order valence-electron chi connectivity index (χ4n) is 3.49. The number of imidazole rings is 1. The Labute approximate surface area is 178 Å². The lowest BCUT2D eigenvalue weighted by Gasteiger charge is -2.11. The number of para-hydroxylation sites is 3. The SMILES string of the molecule is CC(NC(=O)c1cn(-c2ccccc2)nc1-c1cccnc1)c1nc2ccccc2[nH]1. The first-order valence-electron chi connectivity index (χ1n) is 10.00. The molecule has 0 saturated carbocycles. The Hall–Kier alpha value is -4.26. The molecule has 0 aliphatic rings. The molecule has 7 nitrogen and oxygen atoms in total.